The lowest BCUT2D eigenvalue weighted by Crippen LogP contribution is -2.51. The van der Waals surface area contributed by atoms with Crippen LogP contribution in [0.5, 0.6) is 11.5 Å². The first kappa shape index (κ1) is 26.3. The molecule has 196 valence electrons. The third kappa shape index (κ3) is 7.35. The van der Waals surface area contributed by atoms with E-state index < -0.39 is 50.8 Å². The number of H-pyrrole nitrogens is 1. The van der Waals surface area contributed by atoms with Gasteiger partial charge in [-0.3, -0.25) is 14.1 Å². The van der Waals surface area contributed by atoms with E-state index in [0.29, 0.717) is 0 Å². The molecule has 0 radical (unpaired) electrons. The van der Waals surface area contributed by atoms with E-state index in [1.165, 1.54) is 13.8 Å². The summed E-state index contributed by atoms with van der Waals surface area (Å²) in [4.78, 5) is 23.7. The van der Waals surface area contributed by atoms with Crippen molar-refractivity contribution in [2.45, 2.75) is 44.7 Å². The fraction of sp³-hybridized carbons (Fsp3) is 0.348. The molecule has 0 unspecified atom stereocenters. The quantitative estimate of drug-likeness (QED) is 0.300. The minimum Gasteiger partial charge on any atom is -0.458 e. The molecule has 37 heavy (non-hydrogen) atoms. The molecule has 1 aliphatic heterocycles. The number of rotatable bonds is 10. The fourth-order valence-electron chi connectivity index (χ4n) is 3.66. The van der Waals surface area contributed by atoms with Gasteiger partial charge in [-0.15, -0.1) is 10.2 Å². The van der Waals surface area contributed by atoms with Gasteiger partial charge >= 0.3 is 19.8 Å². The van der Waals surface area contributed by atoms with E-state index in [2.05, 4.69) is 20.6 Å². The van der Waals surface area contributed by atoms with Gasteiger partial charge in [0.15, 0.2) is 6.10 Å². The number of benzene rings is 2. The Kier molecular flexibility index (Phi) is 8.49. The number of carbonyl (C=O) groups is 2. The smallest absolute Gasteiger partial charge is 0.458 e. The van der Waals surface area contributed by atoms with Gasteiger partial charge in [0, 0.05) is 20.3 Å². The van der Waals surface area contributed by atoms with Crippen molar-refractivity contribution in [3.63, 3.8) is 0 Å². The standard InChI is InChI=1S/C23H25N4O9P/c1-15(28)32-19-13-20(23-24-26-27-25-23)34-21(22(19)33-16(2)29)14-31-37(30,35-17-9-5-3-6-10-17)36-18-11-7-4-8-12-18/h3-12,19-22H,13-14H2,1-2H3,(H,24,25,26,27)/t19-,20-,21-,22+/m1/s1. The van der Waals surface area contributed by atoms with E-state index in [1.807, 2.05) is 0 Å². The minimum atomic E-state index is -4.30. The Morgan fingerprint density at radius 3 is 2.08 bits per heavy atom. The molecule has 0 amide bonds. The maximum absolute atomic E-state index is 13.7. The number of hydrogen-bond donors (Lipinski definition) is 1. The van der Waals surface area contributed by atoms with Crippen LogP contribution in [0.4, 0.5) is 0 Å². The van der Waals surface area contributed by atoms with E-state index in [0.717, 1.165) is 0 Å². The van der Waals surface area contributed by atoms with Crippen LogP contribution >= 0.6 is 7.82 Å². The van der Waals surface area contributed by atoms with Crippen LogP contribution in [-0.2, 0) is 32.9 Å². The number of carbonyl (C=O) groups excluding carboxylic acids is 2. The molecule has 2 aromatic carbocycles. The third-order valence-corrected chi connectivity index (χ3v) is 6.44. The molecule has 0 saturated carbocycles. The number of nitrogens with one attached hydrogen (secondary N) is 1. The Hall–Kier alpha value is -3.80. The van der Waals surface area contributed by atoms with Crippen LogP contribution in [0.15, 0.2) is 60.7 Å². The molecule has 0 spiro atoms. The van der Waals surface area contributed by atoms with Crippen molar-refractivity contribution in [1.29, 1.82) is 0 Å². The van der Waals surface area contributed by atoms with Gasteiger partial charge in [-0.25, -0.2) is 4.57 Å². The second-order valence-corrected chi connectivity index (χ2v) is 9.46. The molecule has 0 bridgehead atoms. The van der Waals surface area contributed by atoms with Crippen LogP contribution in [-0.4, -0.2) is 57.5 Å². The molecule has 1 N–H and O–H groups in total. The molecule has 3 aromatic rings. The lowest BCUT2D eigenvalue weighted by Gasteiger charge is -2.39. The summed E-state index contributed by atoms with van der Waals surface area (Å²) in [6, 6.07) is 16.7. The zero-order valence-electron chi connectivity index (χ0n) is 20.0. The first-order valence-electron chi connectivity index (χ1n) is 11.3. The molecule has 2 heterocycles. The summed E-state index contributed by atoms with van der Waals surface area (Å²) in [6.07, 6.45) is -3.82. The van der Waals surface area contributed by atoms with Gasteiger partial charge < -0.3 is 23.3 Å². The highest BCUT2D eigenvalue weighted by Crippen LogP contribution is 2.50. The van der Waals surface area contributed by atoms with Gasteiger partial charge in [0.25, 0.3) is 0 Å². The third-order valence-electron chi connectivity index (χ3n) is 5.11. The molecular weight excluding hydrogens is 507 g/mol. The number of aromatic nitrogens is 4. The molecule has 13 nitrogen and oxygen atoms in total. The van der Waals surface area contributed by atoms with Gasteiger partial charge in [0.05, 0.1) is 6.61 Å². The molecule has 0 aliphatic carbocycles. The fourth-order valence-corrected chi connectivity index (χ4v) is 4.90. The molecule has 1 aromatic heterocycles. The van der Waals surface area contributed by atoms with Crippen molar-refractivity contribution in [2.24, 2.45) is 0 Å². The Balaban J connectivity index is 1.59. The first-order chi connectivity index (χ1) is 17.8. The highest BCUT2D eigenvalue weighted by atomic mass is 31.2. The van der Waals surface area contributed by atoms with E-state index in [4.69, 9.17) is 27.8 Å². The largest absolute Gasteiger partial charge is 0.587 e. The van der Waals surface area contributed by atoms with Crippen LogP contribution in [0.1, 0.15) is 32.2 Å². The highest BCUT2D eigenvalue weighted by molar-refractivity contribution is 7.49. The number of hydrogen-bond acceptors (Lipinski definition) is 12. The number of nitrogens with zero attached hydrogens (tertiary/aromatic N) is 3. The average molecular weight is 532 g/mol. The normalized spacial score (nSPS) is 21.6. The summed E-state index contributed by atoms with van der Waals surface area (Å²) in [5.41, 5.74) is 0. The Bertz CT molecular complexity index is 1170. The predicted molar refractivity (Wildman–Crippen MR) is 125 cm³/mol. The molecule has 1 aliphatic rings. The van der Waals surface area contributed by atoms with Gasteiger partial charge in [-0.1, -0.05) is 41.6 Å². The molecule has 4 atom stereocenters. The Morgan fingerprint density at radius 1 is 0.973 bits per heavy atom. The molecule has 1 saturated heterocycles. The molecule has 4 rings (SSSR count). The number of tetrazole rings is 1. The van der Waals surface area contributed by atoms with E-state index in [-0.39, 0.29) is 23.7 Å². The summed E-state index contributed by atoms with van der Waals surface area (Å²) in [5, 5.41) is 13.7. The number of para-hydroxylation sites is 2. The maximum atomic E-state index is 13.7. The van der Waals surface area contributed by atoms with Crippen LogP contribution in [0, 0.1) is 0 Å². The number of phosphoric acid groups is 1. The monoisotopic (exact) mass is 532 g/mol. The second-order valence-electron chi connectivity index (χ2n) is 7.94. The van der Waals surface area contributed by atoms with Gasteiger partial charge in [0.1, 0.15) is 29.8 Å². The van der Waals surface area contributed by atoms with E-state index >= 15 is 0 Å². The zero-order valence-corrected chi connectivity index (χ0v) is 20.9. The summed E-state index contributed by atoms with van der Waals surface area (Å²) < 4.78 is 47.6. The second kappa shape index (κ2) is 12.0. The molecular formula is C23H25N4O9P. The lowest BCUT2D eigenvalue weighted by molar-refractivity contribution is -0.213. The van der Waals surface area contributed by atoms with E-state index in [1.54, 1.807) is 60.7 Å². The summed E-state index contributed by atoms with van der Waals surface area (Å²) in [5.74, 6) is -0.567. The minimum absolute atomic E-state index is 0.0756. The number of aromatic amines is 1. The Morgan fingerprint density at radius 2 is 1.57 bits per heavy atom. The van der Waals surface area contributed by atoms with Gasteiger partial charge in [-0.05, 0) is 24.3 Å². The average Bonchev–Trinajstić information content (AvgIpc) is 3.40. The predicted octanol–water partition coefficient (Wildman–Crippen LogP) is 3.18. The SMILES string of the molecule is CC(=O)O[C@H]1[C@H](OC(C)=O)C[C@H](c2nn[nH]n2)O[C@@H]1COP(=O)(Oc1ccccc1)Oc1ccccc1. The molecule has 1 fully saturated rings. The maximum Gasteiger partial charge on any atom is 0.587 e. The van der Waals surface area contributed by atoms with Crippen molar-refractivity contribution in [2.75, 3.05) is 6.61 Å². The van der Waals surface area contributed by atoms with Crippen LogP contribution in [0.3, 0.4) is 0 Å². The topological polar surface area (TPSA) is 161 Å². The number of phosphoric ester groups is 1. The summed E-state index contributed by atoms with van der Waals surface area (Å²) >= 11 is 0. The van der Waals surface area contributed by atoms with Crippen molar-refractivity contribution >= 4 is 19.8 Å². The van der Waals surface area contributed by atoms with Gasteiger partial charge in [0.2, 0.25) is 5.82 Å². The summed E-state index contributed by atoms with van der Waals surface area (Å²) in [7, 11) is -4.30. The van der Waals surface area contributed by atoms with Crippen LogP contribution in [0.2, 0.25) is 0 Å². The Labute approximate surface area is 212 Å². The zero-order chi connectivity index (χ0) is 26.3. The van der Waals surface area contributed by atoms with Crippen molar-refractivity contribution < 1.29 is 41.9 Å². The molecule has 14 heteroatoms. The van der Waals surface area contributed by atoms with Crippen LogP contribution in [0.25, 0.3) is 0 Å². The lowest BCUT2D eigenvalue weighted by atomic mass is 9.97. The van der Waals surface area contributed by atoms with Crippen molar-refractivity contribution in [3.8, 4) is 11.5 Å². The number of ether oxygens (including phenoxy) is 3. The number of esters is 2. The van der Waals surface area contributed by atoms with Crippen LogP contribution < -0.4 is 9.05 Å². The van der Waals surface area contributed by atoms with Crippen molar-refractivity contribution in [3.05, 3.63) is 66.5 Å². The first-order valence-corrected chi connectivity index (χ1v) is 12.7. The van der Waals surface area contributed by atoms with E-state index in [9.17, 15) is 14.2 Å². The highest BCUT2D eigenvalue weighted by Gasteiger charge is 2.46. The van der Waals surface area contributed by atoms with Gasteiger partial charge in [-0.2, -0.15) is 5.21 Å². The van der Waals surface area contributed by atoms with Crippen molar-refractivity contribution in [1.82, 2.24) is 20.6 Å². The summed E-state index contributed by atoms with van der Waals surface area (Å²) in [6.45, 7) is 2.00.